The fourth-order valence-corrected chi connectivity index (χ4v) is 4.05. The van der Waals surface area contributed by atoms with E-state index in [-0.39, 0.29) is 0 Å². The summed E-state index contributed by atoms with van der Waals surface area (Å²) in [6.45, 7) is 8.56. The highest BCUT2D eigenvalue weighted by atomic mass is 16.5. The predicted octanol–water partition coefficient (Wildman–Crippen LogP) is 2.67. The maximum absolute atomic E-state index is 5.60. The van der Waals surface area contributed by atoms with Gasteiger partial charge in [0.1, 0.15) is 11.3 Å². The molecule has 2 aliphatic rings. The van der Waals surface area contributed by atoms with Crippen LogP contribution in [0.2, 0.25) is 0 Å². The van der Waals surface area contributed by atoms with E-state index in [0.29, 0.717) is 11.8 Å². The number of aromatic nitrogens is 3. The molecule has 0 bridgehead atoms. The summed E-state index contributed by atoms with van der Waals surface area (Å²) in [5.74, 6) is 2.31. The Hall–Kier alpha value is -1.46. The highest BCUT2D eigenvalue weighted by molar-refractivity contribution is 5.71. The number of piperidine rings is 1. The van der Waals surface area contributed by atoms with Crippen LogP contribution in [0.3, 0.4) is 0 Å². The lowest BCUT2D eigenvalue weighted by Gasteiger charge is -2.32. The van der Waals surface area contributed by atoms with Gasteiger partial charge in [0.2, 0.25) is 0 Å². The largest absolute Gasteiger partial charge is 0.381 e. The number of hydrogen-bond donors (Lipinski definition) is 0. The average molecular weight is 314 g/mol. The van der Waals surface area contributed by atoms with Crippen LogP contribution in [-0.4, -0.2) is 52.3 Å². The molecule has 124 valence electrons. The molecule has 0 radical (unpaired) electrons. The van der Waals surface area contributed by atoms with Crippen molar-refractivity contribution in [3.63, 3.8) is 0 Å². The second-order valence-corrected chi connectivity index (χ2v) is 6.89. The summed E-state index contributed by atoms with van der Waals surface area (Å²) >= 11 is 0. The normalized spacial score (nSPS) is 26.1. The molecule has 2 aromatic rings. The summed E-state index contributed by atoms with van der Waals surface area (Å²) < 4.78 is 7.99. The van der Waals surface area contributed by atoms with E-state index in [1.54, 1.807) is 0 Å². The molecule has 4 rings (SSSR count). The molecule has 5 nitrogen and oxygen atoms in total. The zero-order valence-corrected chi connectivity index (χ0v) is 13.9. The molecule has 2 fully saturated rings. The van der Waals surface area contributed by atoms with E-state index in [2.05, 4.69) is 27.4 Å². The van der Waals surface area contributed by atoms with Crippen LogP contribution in [0.4, 0.5) is 0 Å². The molecular weight excluding hydrogens is 288 g/mol. The summed E-state index contributed by atoms with van der Waals surface area (Å²) in [6, 6.07) is 4.06. The van der Waals surface area contributed by atoms with Crippen molar-refractivity contribution in [1.82, 2.24) is 19.4 Å². The number of rotatable bonds is 4. The highest BCUT2D eigenvalue weighted by Gasteiger charge is 2.27. The van der Waals surface area contributed by atoms with Crippen molar-refractivity contribution in [2.24, 2.45) is 5.92 Å². The molecule has 0 saturated carbocycles. The minimum atomic E-state index is 0.426. The number of fused-ring (bicyclic) bond motifs is 1. The number of pyridine rings is 1. The molecule has 0 spiro atoms. The number of likely N-dealkylation sites (tertiary alicyclic amines) is 1. The topological polar surface area (TPSA) is 43.2 Å². The fourth-order valence-electron chi connectivity index (χ4n) is 4.05. The third-order valence-electron chi connectivity index (χ3n) is 5.32. The number of nitrogens with zero attached hydrogens (tertiary/aromatic N) is 4. The molecule has 4 heterocycles. The quantitative estimate of drug-likeness (QED) is 0.870. The standard InChI is InChI=1S/C18H26N4O/c1-2-21-9-4-5-14(11-21)12-22-17(15-7-10-23-13-15)20-16-6-3-8-19-18(16)22/h3,6,8,14-15H,2,4-5,7,9-13H2,1H3. The molecule has 2 saturated heterocycles. The first-order valence-corrected chi connectivity index (χ1v) is 8.96. The molecule has 2 atom stereocenters. The third-order valence-corrected chi connectivity index (χ3v) is 5.32. The number of hydrogen-bond acceptors (Lipinski definition) is 4. The van der Waals surface area contributed by atoms with Crippen molar-refractivity contribution >= 4 is 11.2 Å². The Kier molecular flexibility index (Phi) is 4.31. The van der Waals surface area contributed by atoms with Crippen LogP contribution in [0.5, 0.6) is 0 Å². The average Bonchev–Trinajstić information content (AvgIpc) is 3.23. The first kappa shape index (κ1) is 15.1. The van der Waals surface area contributed by atoms with Gasteiger partial charge < -0.3 is 14.2 Å². The van der Waals surface area contributed by atoms with E-state index in [1.807, 2.05) is 12.3 Å². The first-order chi connectivity index (χ1) is 11.3. The molecule has 0 N–H and O–H groups in total. The lowest BCUT2D eigenvalue weighted by Crippen LogP contribution is -2.37. The van der Waals surface area contributed by atoms with E-state index in [9.17, 15) is 0 Å². The summed E-state index contributed by atoms with van der Waals surface area (Å²) in [5.41, 5.74) is 2.07. The van der Waals surface area contributed by atoms with Crippen LogP contribution in [-0.2, 0) is 11.3 Å². The second-order valence-electron chi connectivity index (χ2n) is 6.89. The van der Waals surface area contributed by atoms with Crippen LogP contribution in [0.1, 0.15) is 37.9 Å². The van der Waals surface area contributed by atoms with Gasteiger partial charge in [-0.25, -0.2) is 9.97 Å². The molecule has 23 heavy (non-hydrogen) atoms. The predicted molar refractivity (Wildman–Crippen MR) is 90.5 cm³/mol. The van der Waals surface area contributed by atoms with Crippen molar-refractivity contribution in [1.29, 1.82) is 0 Å². The lowest BCUT2D eigenvalue weighted by atomic mass is 9.97. The van der Waals surface area contributed by atoms with Crippen LogP contribution in [0.15, 0.2) is 18.3 Å². The monoisotopic (exact) mass is 314 g/mol. The lowest BCUT2D eigenvalue weighted by molar-refractivity contribution is 0.168. The molecule has 5 heteroatoms. The summed E-state index contributed by atoms with van der Waals surface area (Å²) in [4.78, 5) is 12.1. The smallest absolute Gasteiger partial charge is 0.160 e. The SMILES string of the molecule is CCN1CCCC(Cn2c(C3CCOC3)nc3cccnc32)C1. The molecule has 2 aromatic heterocycles. The van der Waals surface area contributed by atoms with Crippen LogP contribution < -0.4 is 0 Å². The molecule has 0 aromatic carbocycles. The second kappa shape index (κ2) is 6.57. The highest BCUT2D eigenvalue weighted by Crippen LogP contribution is 2.29. The Balaban J connectivity index is 1.65. The molecule has 2 unspecified atom stereocenters. The maximum atomic E-state index is 5.60. The molecular formula is C18H26N4O. The van der Waals surface area contributed by atoms with Crippen molar-refractivity contribution in [3.8, 4) is 0 Å². The van der Waals surface area contributed by atoms with E-state index >= 15 is 0 Å². The Morgan fingerprint density at radius 3 is 3.13 bits per heavy atom. The van der Waals surface area contributed by atoms with E-state index < -0.39 is 0 Å². The maximum Gasteiger partial charge on any atom is 0.160 e. The van der Waals surface area contributed by atoms with Gasteiger partial charge in [-0.15, -0.1) is 0 Å². The zero-order chi connectivity index (χ0) is 15.6. The Morgan fingerprint density at radius 1 is 1.35 bits per heavy atom. The number of ether oxygens (including phenoxy) is 1. The van der Waals surface area contributed by atoms with Gasteiger partial charge in [0.25, 0.3) is 0 Å². The Morgan fingerprint density at radius 2 is 2.30 bits per heavy atom. The van der Waals surface area contributed by atoms with Crippen LogP contribution >= 0.6 is 0 Å². The van der Waals surface area contributed by atoms with Crippen molar-refractivity contribution < 1.29 is 4.74 Å². The number of imidazole rings is 1. The van der Waals surface area contributed by atoms with Crippen molar-refractivity contribution in [3.05, 3.63) is 24.2 Å². The molecule has 0 aliphatic carbocycles. The van der Waals surface area contributed by atoms with E-state index in [4.69, 9.17) is 9.72 Å². The van der Waals surface area contributed by atoms with Gasteiger partial charge in [-0.1, -0.05) is 6.92 Å². The molecule has 2 aliphatic heterocycles. The van der Waals surface area contributed by atoms with Crippen molar-refractivity contribution in [2.75, 3.05) is 32.8 Å². The van der Waals surface area contributed by atoms with Gasteiger partial charge in [0, 0.05) is 31.8 Å². The Bertz CT molecular complexity index is 662. The van der Waals surface area contributed by atoms with E-state index in [1.165, 1.54) is 31.8 Å². The van der Waals surface area contributed by atoms with Gasteiger partial charge in [0.15, 0.2) is 5.65 Å². The fraction of sp³-hybridized carbons (Fsp3) is 0.667. The summed E-state index contributed by atoms with van der Waals surface area (Å²) in [6.07, 6.45) is 5.58. The van der Waals surface area contributed by atoms with Crippen molar-refractivity contribution in [2.45, 2.75) is 38.6 Å². The van der Waals surface area contributed by atoms with Gasteiger partial charge in [-0.05, 0) is 50.4 Å². The van der Waals surface area contributed by atoms with Gasteiger partial charge in [-0.2, -0.15) is 0 Å². The van der Waals surface area contributed by atoms with Crippen LogP contribution in [0, 0.1) is 5.92 Å². The Labute approximate surface area is 137 Å². The minimum absolute atomic E-state index is 0.426. The van der Waals surface area contributed by atoms with E-state index in [0.717, 1.165) is 43.9 Å². The first-order valence-electron chi connectivity index (χ1n) is 8.96. The zero-order valence-electron chi connectivity index (χ0n) is 13.9. The van der Waals surface area contributed by atoms with Crippen LogP contribution in [0.25, 0.3) is 11.2 Å². The summed E-state index contributed by atoms with van der Waals surface area (Å²) in [7, 11) is 0. The van der Waals surface area contributed by atoms with Gasteiger partial charge >= 0.3 is 0 Å². The third kappa shape index (κ3) is 3.00. The summed E-state index contributed by atoms with van der Waals surface area (Å²) in [5, 5.41) is 0. The molecule has 0 amide bonds. The van der Waals surface area contributed by atoms with Gasteiger partial charge in [-0.3, -0.25) is 0 Å². The minimum Gasteiger partial charge on any atom is -0.381 e. The van der Waals surface area contributed by atoms with Gasteiger partial charge in [0.05, 0.1) is 6.61 Å².